The lowest BCUT2D eigenvalue weighted by atomic mass is 10.1. The van der Waals surface area contributed by atoms with Crippen molar-refractivity contribution < 1.29 is 8.42 Å². The number of hydrogen-bond acceptors (Lipinski definition) is 5. The smallest absolute Gasteiger partial charge is 0.242 e. The molecule has 1 aliphatic rings. The summed E-state index contributed by atoms with van der Waals surface area (Å²) in [6.07, 6.45) is 1.03. The van der Waals surface area contributed by atoms with E-state index in [-0.39, 0.29) is 4.90 Å². The highest BCUT2D eigenvalue weighted by Crippen LogP contribution is 2.21. The van der Waals surface area contributed by atoms with Crippen LogP contribution in [0.25, 0.3) is 0 Å². The van der Waals surface area contributed by atoms with E-state index < -0.39 is 10.0 Å². The van der Waals surface area contributed by atoms with Gasteiger partial charge in [-0.2, -0.15) is 0 Å². The Labute approximate surface area is 126 Å². The van der Waals surface area contributed by atoms with Gasteiger partial charge >= 0.3 is 0 Å². The van der Waals surface area contributed by atoms with Gasteiger partial charge in [-0.15, -0.1) is 0 Å². The van der Waals surface area contributed by atoms with E-state index in [1.165, 1.54) is 0 Å². The molecule has 0 bridgehead atoms. The number of nitrogens with zero attached hydrogens (tertiary/aromatic N) is 1. The molecule has 1 aromatic carbocycles. The molecule has 6 nitrogen and oxygen atoms in total. The number of nitrogens with two attached hydrogens (primary N) is 1. The Hall–Kier alpha value is -1.15. The second-order valence-corrected chi connectivity index (χ2v) is 7.47. The quantitative estimate of drug-likeness (QED) is 0.538. The zero-order valence-corrected chi connectivity index (χ0v) is 13.4. The van der Waals surface area contributed by atoms with Crippen LogP contribution in [0.5, 0.6) is 0 Å². The Morgan fingerprint density at radius 3 is 2.71 bits per heavy atom. The summed E-state index contributed by atoms with van der Waals surface area (Å²) < 4.78 is 27.4. The van der Waals surface area contributed by atoms with Crippen molar-refractivity contribution in [1.82, 2.24) is 9.62 Å². The van der Waals surface area contributed by atoms with Gasteiger partial charge in [0.2, 0.25) is 10.0 Å². The highest BCUT2D eigenvalue weighted by Gasteiger charge is 2.26. The van der Waals surface area contributed by atoms with Crippen LogP contribution < -0.4 is 16.0 Å². The minimum Gasteiger partial charge on any atom is -0.323 e. The maximum atomic E-state index is 12.4. The van der Waals surface area contributed by atoms with E-state index in [1.807, 2.05) is 0 Å². The molecule has 1 atom stereocenters. The van der Waals surface area contributed by atoms with E-state index in [1.54, 1.807) is 24.3 Å². The zero-order chi connectivity index (χ0) is 15.5. The van der Waals surface area contributed by atoms with E-state index in [4.69, 9.17) is 5.84 Å². The molecule has 0 aromatic heterocycles. The van der Waals surface area contributed by atoms with Gasteiger partial charge in [-0.1, -0.05) is 12.1 Å². The Morgan fingerprint density at radius 2 is 2.10 bits per heavy atom. The van der Waals surface area contributed by atoms with E-state index in [9.17, 15) is 8.42 Å². The number of sulfonamides is 1. The van der Waals surface area contributed by atoms with Crippen LogP contribution in [-0.2, 0) is 10.0 Å². The molecule has 7 heteroatoms. The molecular formula is C14H24N4O2S. The third-order valence-electron chi connectivity index (χ3n) is 3.94. The first-order chi connectivity index (χ1) is 9.94. The third kappa shape index (κ3) is 3.94. The fraction of sp³-hybridized carbons (Fsp3) is 0.571. The van der Waals surface area contributed by atoms with E-state index in [0.717, 1.165) is 19.5 Å². The highest BCUT2D eigenvalue weighted by molar-refractivity contribution is 7.89. The van der Waals surface area contributed by atoms with Crippen molar-refractivity contribution in [2.75, 3.05) is 25.1 Å². The molecule has 1 heterocycles. The summed E-state index contributed by atoms with van der Waals surface area (Å²) in [5.74, 6) is 5.73. The molecule has 1 unspecified atom stereocenters. The molecule has 118 valence electrons. The highest BCUT2D eigenvalue weighted by atomic mass is 32.2. The van der Waals surface area contributed by atoms with Gasteiger partial charge in [0.1, 0.15) is 4.90 Å². The molecule has 4 N–H and O–H groups in total. The SMILES string of the molecule is CC(C)N1CCC(CNS(=O)(=O)c2ccccc2NN)C1. The normalized spacial score (nSPS) is 20.1. The number of rotatable bonds is 6. The average Bonchev–Trinajstić information content (AvgIpc) is 2.94. The minimum atomic E-state index is -3.54. The van der Waals surface area contributed by atoms with Crippen LogP contribution in [-0.4, -0.2) is 39.0 Å². The predicted molar refractivity (Wildman–Crippen MR) is 84.3 cm³/mol. The molecular weight excluding hydrogens is 288 g/mol. The van der Waals surface area contributed by atoms with Crippen LogP contribution in [0.4, 0.5) is 5.69 Å². The van der Waals surface area contributed by atoms with Gasteiger partial charge < -0.3 is 10.3 Å². The Bertz CT molecular complexity index is 574. The van der Waals surface area contributed by atoms with Gasteiger partial charge in [-0.05, 0) is 44.9 Å². The summed E-state index contributed by atoms with van der Waals surface area (Å²) >= 11 is 0. The van der Waals surface area contributed by atoms with Crippen molar-refractivity contribution in [3.05, 3.63) is 24.3 Å². The van der Waals surface area contributed by atoms with E-state index in [0.29, 0.717) is 24.2 Å². The standard InChI is InChI=1S/C14H24N4O2S/c1-11(2)18-8-7-12(10-18)9-16-21(19,20)14-6-4-3-5-13(14)17-15/h3-6,11-12,16-17H,7-10,15H2,1-2H3. The molecule has 1 aromatic rings. The zero-order valence-electron chi connectivity index (χ0n) is 12.5. The molecule has 0 saturated carbocycles. The Kier molecular flexibility index (Phi) is 5.21. The fourth-order valence-electron chi connectivity index (χ4n) is 2.62. The van der Waals surface area contributed by atoms with Crippen molar-refractivity contribution in [3.63, 3.8) is 0 Å². The van der Waals surface area contributed by atoms with Crippen molar-refractivity contribution in [3.8, 4) is 0 Å². The summed E-state index contributed by atoms with van der Waals surface area (Å²) in [6, 6.07) is 7.13. The van der Waals surface area contributed by atoms with Crippen molar-refractivity contribution in [1.29, 1.82) is 0 Å². The summed E-state index contributed by atoms with van der Waals surface area (Å²) in [5, 5.41) is 0. The van der Waals surface area contributed by atoms with E-state index in [2.05, 4.69) is 28.9 Å². The molecule has 1 saturated heterocycles. The monoisotopic (exact) mass is 312 g/mol. The van der Waals surface area contributed by atoms with Crippen molar-refractivity contribution in [2.45, 2.75) is 31.2 Å². The van der Waals surface area contributed by atoms with Gasteiger partial charge in [0.05, 0.1) is 5.69 Å². The van der Waals surface area contributed by atoms with Crippen LogP contribution in [0.2, 0.25) is 0 Å². The van der Waals surface area contributed by atoms with Gasteiger partial charge in [-0.3, -0.25) is 5.84 Å². The molecule has 0 amide bonds. The van der Waals surface area contributed by atoms with E-state index >= 15 is 0 Å². The Balaban J connectivity index is 1.99. The number of nitrogens with one attached hydrogen (secondary N) is 2. The topological polar surface area (TPSA) is 87.5 Å². The first-order valence-electron chi connectivity index (χ1n) is 7.23. The second-order valence-electron chi connectivity index (χ2n) is 5.74. The van der Waals surface area contributed by atoms with Crippen molar-refractivity contribution in [2.24, 2.45) is 11.8 Å². The molecule has 2 rings (SSSR count). The largest absolute Gasteiger partial charge is 0.323 e. The van der Waals surface area contributed by atoms with Crippen LogP contribution in [0.1, 0.15) is 20.3 Å². The lowest BCUT2D eigenvalue weighted by Gasteiger charge is -2.20. The molecule has 1 aliphatic heterocycles. The first kappa shape index (κ1) is 16.2. The van der Waals surface area contributed by atoms with Gasteiger partial charge in [0, 0.05) is 19.1 Å². The van der Waals surface area contributed by atoms with Crippen LogP contribution >= 0.6 is 0 Å². The minimum absolute atomic E-state index is 0.186. The van der Waals surface area contributed by atoms with Crippen LogP contribution in [0.15, 0.2) is 29.2 Å². The molecule has 21 heavy (non-hydrogen) atoms. The lowest BCUT2D eigenvalue weighted by Crippen LogP contribution is -2.33. The third-order valence-corrected chi connectivity index (χ3v) is 5.42. The number of likely N-dealkylation sites (tertiary alicyclic amines) is 1. The summed E-state index contributed by atoms with van der Waals surface area (Å²) in [6.45, 7) is 6.76. The second kappa shape index (κ2) is 6.74. The predicted octanol–water partition coefficient (Wildman–Crippen LogP) is 0.981. The fourth-order valence-corrected chi connectivity index (χ4v) is 3.91. The first-order valence-corrected chi connectivity index (χ1v) is 8.71. The molecule has 0 radical (unpaired) electrons. The van der Waals surface area contributed by atoms with Crippen molar-refractivity contribution >= 4 is 15.7 Å². The molecule has 0 spiro atoms. The number of benzene rings is 1. The number of hydrazine groups is 1. The number of anilines is 1. The molecule has 0 aliphatic carbocycles. The van der Waals surface area contributed by atoms with Gasteiger partial charge in [-0.25, -0.2) is 13.1 Å². The Morgan fingerprint density at radius 1 is 1.38 bits per heavy atom. The summed E-state index contributed by atoms with van der Waals surface area (Å²) in [5.41, 5.74) is 2.83. The maximum Gasteiger partial charge on any atom is 0.242 e. The van der Waals surface area contributed by atoms with Crippen LogP contribution in [0, 0.1) is 5.92 Å². The summed E-state index contributed by atoms with van der Waals surface area (Å²) in [7, 11) is -3.54. The lowest BCUT2D eigenvalue weighted by molar-refractivity contribution is 0.265. The average molecular weight is 312 g/mol. The van der Waals surface area contributed by atoms with Gasteiger partial charge in [0.15, 0.2) is 0 Å². The van der Waals surface area contributed by atoms with Gasteiger partial charge in [0.25, 0.3) is 0 Å². The number of nitrogen functional groups attached to an aromatic ring is 1. The number of para-hydroxylation sites is 1. The van der Waals surface area contributed by atoms with Crippen LogP contribution in [0.3, 0.4) is 0 Å². The number of hydrogen-bond donors (Lipinski definition) is 3. The maximum absolute atomic E-state index is 12.4. The summed E-state index contributed by atoms with van der Waals surface area (Å²) in [4.78, 5) is 2.56. The molecule has 1 fully saturated rings.